The van der Waals surface area contributed by atoms with Gasteiger partial charge in [-0.1, -0.05) is 30.3 Å². The summed E-state index contributed by atoms with van der Waals surface area (Å²) in [6.07, 6.45) is 8.96. The van der Waals surface area contributed by atoms with Gasteiger partial charge in [-0.25, -0.2) is 0 Å². The number of ether oxygens (including phenoxy) is 2. The maximum absolute atomic E-state index is 6.15. The molecular formula is C23H35N3O2. The molecule has 1 aromatic carbocycles. The third kappa shape index (κ3) is 4.87. The lowest BCUT2D eigenvalue weighted by atomic mass is 9.96. The number of hydrogen-bond acceptors (Lipinski definition) is 3. The van der Waals surface area contributed by atoms with Crippen LogP contribution in [0.15, 0.2) is 35.3 Å². The minimum Gasteiger partial charge on any atom is -0.376 e. The first-order valence-corrected chi connectivity index (χ1v) is 11.0. The van der Waals surface area contributed by atoms with Crippen LogP contribution in [0.5, 0.6) is 0 Å². The second-order valence-electron chi connectivity index (χ2n) is 8.56. The molecule has 1 unspecified atom stereocenters. The highest BCUT2D eigenvalue weighted by atomic mass is 16.5. The number of benzene rings is 1. The second kappa shape index (κ2) is 9.27. The molecule has 2 saturated heterocycles. The summed E-state index contributed by atoms with van der Waals surface area (Å²) < 4.78 is 11.9. The Hall–Kier alpha value is -1.59. The molecule has 154 valence electrons. The molecule has 1 N–H and O–H groups in total. The van der Waals surface area contributed by atoms with E-state index >= 15 is 0 Å². The SMILES string of the molecule is CN=C(NCC1(c2ccccc2)CC1)N1CCC(OCC2CCCCO2)CC1. The largest absolute Gasteiger partial charge is 0.376 e. The summed E-state index contributed by atoms with van der Waals surface area (Å²) in [5.74, 6) is 1.04. The first kappa shape index (κ1) is 19.7. The van der Waals surface area contributed by atoms with Crippen molar-refractivity contribution >= 4 is 5.96 Å². The third-order valence-corrected chi connectivity index (χ3v) is 6.57. The summed E-state index contributed by atoms with van der Waals surface area (Å²) in [5, 5.41) is 3.65. The average Bonchev–Trinajstić information content (AvgIpc) is 3.56. The maximum Gasteiger partial charge on any atom is 0.193 e. The Bertz CT molecular complexity index is 631. The van der Waals surface area contributed by atoms with E-state index in [0.717, 1.165) is 58.1 Å². The minimum absolute atomic E-state index is 0.304. The molecule has 1 saturated carbocycles. The van der Waals surface area contributed by atoms with Crippen LogP contribution in [0, 0.1) is 0 Å². The zero-order chi connectivity index (χ0) is 19.2. The summed E-state index contributed by atoms with van der Waals surface area (Å²) in [6, 6.07) is 10.9. The van der Waals surface area contributed by atoms with E-state index in [1.54, 1.807) is 0 Å². The van der Waals surface area contributed by atoms with Crippen molar-refractivity contribution in [1.82, 2.24) is 10.2 Å². The normalized spacial score (nSPS) is 25.5. The van der Waals surface area contributed by atoms with Crippen LogP contribution in [0.4, 0.5) is 0 Å². The molecule has 4 rings (SSSR count). The van der Waals surface area contributed by atoms with Gasteiger partial charge in [-0.15, -0.1) is 0 Å². The van der Waals surface area contributed by atoms with Crippen LogP contribution >= 0.6 is 0 Å². The third-order valence-electron chi connectivity index (χ3n) is 6.57. The molecule has 3 fully saturated rings. The highest BCUT2D eigenvalue weighted by Gasteiger charge is 2.44. The number of aliphatic imine (C=N–C) groups is 1. The Kier molecular flexibility index (Phi) is 6.53. The lowest BCUT2D eigenvalue weighted by molar-refractivity contribution is -0.0721. The van der Waals surface area contributed by atoms with Gasteiger partial charge in [-0.2, -0.15) is 0 Å². The maximum atomic E-state index is 6.15. The van der Waals surface area contributed by atoms with E-state index in [0.29, 0.717) is 17.6 Å². The number of nitrogens with one attached hydrogen (secondary N) is 1. The Morgan fingerprint density at radius 2 is 1.96 bits per heavy atom. The van der Waals surface area contributed by atoms with E-state index in [4.69, 9.17) is 9.47 Å². The predicted molar refractivity (Wildman–Crippen MR) is 113 cm³/mol. The highest BCUT2D eigenvalue weighted by molar-refractivity contribution is 5.80. The Morgan fingerprint density at radius 1 is 1.18 bits per heavy atom. The van der Waals surface area contributed by atoms with Crippen molar-refractivity contribution in [3.63, 3.8) is 0 Å². The molecule has 0 amide bonds. The molecule has 1 atom stereocenters. The van der Waals surface area contributed by atoms with E-state index in [1.807, 2.05) is 7.05 Å². The molecule has 0 aromatic heterocycles. The average molecular weight is 386 g/mol. The van der Waals surface area contributed by atoms with E-state index < -0.39 is 0 Å². The molecular weight excluding hydrogens is 350 g/mol. The van der Waals surface area contributed by atoms with Crippen molar-refractivity contribution < 1.29 is 9.47 Å². The molecule has 0 bridgehead atoms. The fourth-order valence-electron chi connectivity index (χ4n) is 4.51. The molecule has 0 spiro atoms. The van der Waals surface area contributed by atoms with E-state index in [9.17, 15) is 0 Å². The van der Waals surface area contributed by atoms with Gasteiger partial charge < -0.3 is 19.7 Å². The van der Waals surface area contributed by atoms with E-state index in [-0.39, 0.29) is 0 Å². The van der Waals surface area contributed by atoms with Crippen molar-refractivity contribution in [1.29, 1.82) is 0 Å². The Balaban J connectivity index is 1.21. The number of nitrogens with zero attached hydrogens (tertiary/aromatic N) is 2. The van der Waals surface area contributed by atoms with Gasteiger partial charge in [0.25, 0.3) is 0 Å². The molecule has 1 aliphatic carbocycles. The van der Waals surface area contributed by atoms with Crippen LogP contribution in [0.1, 0.15) is 50.5 Å². The topological polar surface area (TPSA) is 46.1 Å². The van der Waals surface area contributed by atoms with Crippen molar-refractivity contribution in [2.45, 2.75) is 62.6 Å². The summed E-state index contributed by atoms with van der Waals surface area (Å²) in [7, 11) is 1.90. The van der Waals surface area contributed by atoms with Crippen LogP contribution in [-0.2, 0) is 14.9 Å². The lowest BCUT2D eigenvalue weighted by Gasteiger charge is -2.35. The fraction of sp³-hybridized carbons (Fsp3) is 0.696. The van der Waals surface area contributed by atoms with Gasteiger partial charge in [-0.05, 0) is 50.5 Å². The fourth-order valence-corrected chi connectivity index (χ4v) is 4.51. The van der Waals surface area contributed by atoms with Crippen molar-refractivity contribution in [3.8, 4) is 0 Å². The molecule has 1 aromatic rings. The standard InChI is InChI=1S/C23H35N3O2/c1-24-22(25-18-23(12-13-23)19-7-3-2-4-8-19)26-14-10-20(11-15-26)28-17-21-9-5-6-16-27-21/h2-4,7-8,20-21H,5-6,9-18H2,1H3,(H,24,25). The van der Waals surface area contributed by atoms with Crippen LogP contribution < -0.4 is 5.32 Å². The molecule has 5 nitrogen and oxygen atoms in total. The van der Waals surface area contributed by atoms with E-state index in [2.05, 4.69) is 45.5 Å². The molecule has 0 radical (unpaired) electrons. The van der Waals surface area contributed by atoms with Gasteiger partial charge in [0, 0.05) is 38.7 Å². The number of likely N-dealkylation sites (tertiary alicyclic amines) is 1. The van der Waals surface area contributed by atoms with E-state index in [1.165, 1.54) is 31.2 Å². The smallest absolute Gasteiger partial charge is 0.193 e. The first-order chi connectivity index (χ1) is 13.8. The van der Waals surface area contributed by atoms with Gasteiger partial charge in [-0.3, -0.25) is 4.99 Å². The second-order valence-corrected chi connectivity index (χ2v) is 8.56. The highest BCUT2D eigenvalue weighted by Crippen LogP contribution is 2.47. The van der Waals surface area contributed by atoms with Gasteiger partial charge >= 0.3 is 0 Å². The molecule has 3 aliphatic rings. The van der Waals surface area contributed by atoms with Crippen LogP contribution in [0.2, 0.25) is 0 Å². The monoisotopic (exact) mass is 385 g/mol. The summed E-state index contributed by atoms with van der Waals surface area (Å²) in [4.78, 5) is 6.94. The van der Waals surface area contributed by atoms with Crippen molar-refractivity contribution in [2.24, 2.45) is 4.99 Å². The number of rotatable bonds is 6. The lowest BCUT2D eigenvalue weighted by Crippen LogP contribution is -2.48. The van der Waals surface area contributed by atoms with Gasteiger partial charge in [0.05, 0.1) is 18.8 Å². The van der Waals surface area contributed by atoms with Crippen LogP contribution in [0.25, 0.3) is 0 Å². The summed E-state index contributed by atoms with van der Waals surface area (Å²) >= 11 is 0. The summed E-state index contributed by atoms with van der Waals surface area (Å²) in [5.41, 5.74) is 1.76. The minimum atomic E-state index is 0.304. The van der Waals surface area contributed by atoms with Crippen molar-refractivity contribution in [3.05, 3.63) is 35.9 Å². The van der Waals surface area contributed by atoms with Gasteiger partial charge in [0.15, 0.2) is 5.96 Å². The first-order valence-electron chi connectivity index (χ1n) is 11.0. The summed E-state index contributed by atoms with van der Waals surface area (Å²) in [6.45, 7) is 4.65. The van der Waals surface area contributed by atoms with Crippen LogP contribution in [0.3, 0.4) is 0 Å². The van der Waals surface area contributed by atoms with Crippen molar-refractivity contribution in [2.75, 3.05) is 39.9 Å². The Labute approximate surface area is 169 Å². The molecule has 2 aliphatic heterocycles. The number of piperidine rings is 1. The quantitative estimate of drug-likeness (QED) is 0.603. The molecule has 28 heavy (non-hydrogen) atoms. The zero-order valence-electron chi connectivity index (χ0n) is 17.2. The molecule has 5 heteroatoms. The molecule has 2 heterocycles. The zero-order valence-corrected chi connectivity index (χ0v) is 17.2. The Morgan fingerprint density at radius 3 is 2.61 bits per heavy atom. The van der Waals surface area contributed by atoms with Crippen LogP contribution in [-0.4, -0.2) is 63.0 Å². The predicted octanol–water partition coefficient (Wildman–Crippen LogP) is 3.34. The van der Waals surface area contributed by atoms with Gasteiger partial charge in [0.1, 0.15) is 0 Å². The van der Waals surface area contributed by atoms with Gasteiger partial charge in [0.2, 0.25) is 0 Å². The number of guanidine groups is 1. The number of hydrogen-bond donors (Lipinski definition) is 1.